The second-order valence-electron chi connectivity index (χ2n) is 7.53. The first-order valence-corrected chi connectivity index (χ1v) is 8.97. The van der Waals surface area contributed by atoms with Gasteiger partial charge >= 0.3 is 11.9 Å². The van der Waals surface area contributed by atoms with E-state index in [-0.39, 0.29) is 22.6 Å². The summed E-state index contributed by atoms with van der Waals surface area (Å²) in [4.78, 5) is 22.9. The highest BCUT2D eigenvalue weighted by Gasteiger charge is 2.19. The highest BCUT2D eigenvalue weighted by molar-refractivity contribution is 5.92. The predicted molar refractivity (Wildman–Crippen MR) is 107 cm³/mol. The lowest BCUT2D eigenvalue weighted by Gasteiger charge is -2.19. The van der Waals surface area contributed by atoms with Gasteiger partial charge in [0.1, 0.15) is 28.2 Å². The number of carbonyl (C=O) groups excluding carboxylic acids is 2. The summed E-state index contributed by atoms with van der Waals surface area (Å²) in [6.45, 7) is 9.63. The van der Waals surface area contributed by atoms with E-state index in [0.29, 0.717) is 12.5 Å². The highest BCUT2D eigenvalue weighted by Crippen LogP contribution is 2.19. The van der Waals surface area contributed by atoms with Crippen LogP contribution in [0.2, 0.25) is 0 Å². The SMILES string of the molecule is CC(C)(C)OC(=O)c1ccccc1O.CC(C)COC(=O)c1ccccc1O. The number of esters is 2. The number of benzene rings is 2. The molecule has 0 bridgehead atoms. The van der Waals surface area contributed by atoms with Gasteiger partial charge in [-0.3, -0.25) is 0 Å². The second kappa shape index (κ2) is 10.3. The third kappa shape index (κ3) is 8.12. The Hall–Kier alpha value is -3.02. The van der Waals surface area contributed by atoms with Crippen molar-refractivity contribution in [3.05, 3.63) is 59.7 Å². The number of aromatic hydroxyl groups is 2. The summed E-state index contributed by atoms with van der Waals surface area (Å²) in [6, 6.07) is 12.7. The van der Waals surface area contributed by atoms with E-state index in [9.17, 15) is 19.8 Å². The normalized spacial score (nSPS) is 10.6. The van der Waals surface area contributed by atoms with Gasteiger partial charge in [-0.25, -0.2) is 9.59 Å². The molecule has 0 aromatic heterocycles. The average molecular weight is 388 g/mol. The molecule has 0 saturated carbocycles. The molecular formula is C22H28O6. The van der Waals surface area contributed by atoms with Gasteiger partial charge in [0.05, 0.1) is 6.61 Å². The van der Waals surface area contributed by atoms with Crippen molar-refractivity contribution in [3.8, 4) is 11.5 Å². The fourth-order valence-electron chi connectivity index (χ4n) is 1.95. The number of phenolic OH excluding ortho intramolecular Hbond substituents is 2. The zero-order valence-electron chi connectivity index (χ0n) is 16.9. The molecule has 2 aromatic carbocycles. The van der Waals surface area contributed by atoms with Gasteiger partial charge in [0.15, 0.2) is 0 Å². The maximum Gasteiger partial charge on any atom is 0.342 e. The fourth-order valence-corrected chi connectivity index (χ4v) is 1.95. The predicted octanol–water partition coefficient (Wildman–Crippen LogP) is 4.55. The van der Waals surface area contributed by atoms with E-state index in [2.05, 4.69) is 0 Å². The molecule has 0 saturated heterocycles. The highest BCUT2D eigenvalue weighted by atomic mass is 16.6. The zero-order valence-corrected chi connectivity index (χ0v) is 16.9. The molecule has 2 rings (SSSR count). The summed E-state index contributed by atoms with van der Waals surface area (Å²) in [7, 11) is 0. The van der Waals surface area contributed by atoms with Gasteiger partial charge in [-0.05, 0) is 51.0 Å². The Morgan fingerprint density at radius 1 is 0.857 bits per heavy atom. The van der Waals surface area contributed by atoms with E-state index in [0.717, 1.165) is 0 Å². The molecule has 2 N–H and O–H groups in total. The molecule has 0 amide bonds. The minimum Gasteiger partial charge on any atom is -0.507 e. The molecule has 0 radical (unpaired) electrons. The molecule has 152 valence electrons. The Morgan fingerprint density at radius 3 is 1.68 bits per heavy atom. The van der Waals surface area contributed by atoms with Crippen molar-refractivity contribution in [1.82, 2.24) is 0 Å². The lowest BCUT2D eigenvalue weighted by atomic mass is 10.1. The Kier molecular flexibility index (Phi) is 8.51. The van der Waals surface area contributed by atoms with Crippen LogP contribution in [-0.4, -0.2) is 34.4 Å². The first kappa shape index (κ1) is 23.0. The number of para-hydroxylation sites is 2. The van der Waals surface area contributed by atoms with Crippen molar-refractivity contribution >= 4 is 11.9 Å². The van der Waals surface area contributed by atoms with Crippen LogP contribution in [-0.2, 0) is 9.47 Å². The average Bonchev–Trinajstić information content (AvgIpc) is 2.59. The van der Waals surface area contributed by atoms with Crippen LogP contribution in [0.15, 0.2) is 48.5 Å². The summed E-state index contributed by atoms with van der Waals surface area (Å²) in [5.41, 5.74) is -0.130. The van der Waals surface area contributed by atoms with Crippen LogP contribution in [0.5, 0.6) is 11.5 Å². The minimum absolute atomic E-state index is 0.0405. The summed E-state index contributed by atoms with van der Waals surface area (Å²) < 4.78 is 10.1. The molecule has 6 heteroatoms. The van der Waals surface area contributed by atoms with Gasteiger partial charge < -0.3 is 19.7 Å². The van der Waals surface area contributed by atoms with Crippen LogP contribution in [0, 0.1) is 5.92 Å². The van der Waals surface area contributed by atoms with E-state index >= 15 is 0 Å². The third-order valence-electron chi connectivity index (χ3n) is 3.19. The number of ether oxygens (including phenoxy) is 2. The lowest BCUT2D eigenvalue weighted by Crippen LogP contribution is -2.23. The fraction of sp³-hybridized carbons (Fsp3) is 0.364. The summed E-state index contributed by atoms with van der Waals surface area (Å²) >= 11 is 0. The van der Waals surface area contributed by atoms with Gasteiger partial charge in [0, 0.05) is 0 Å². The first-order chi connectivity index (χ1) is 13.0. The molecule has 0 heterocycles. The monoisotopic (exact) mass is 388 g/mol. The van der Waals surface area contributed by atoms with Crippen molar-refractivity contribution in [2.45, 2.75) is 40.2 Å². The van der Waals surface area contributed by atoms with E-state index in [1.807, 2.05) is 13.8 Å². The van der Waals surface area contributed by atoms with E-state index in [1.54, 1.807) is 45.0 Å². The maximum absolute atomic E-state index is 11.5. The summed E-state index contributed by atoms with van der Waals surface area (Å²) in [5, 5.41) is 18.7. The molecule has 0 aliphatic rings. The minimum atomic E-state index is -0.542. The second-order valence-corrected chi connectivity index (χ2v) is 7.53. The molecule has 6 nitrogen and oxygen atoms in total. The summed E-state index contributed by atoms with van der Waals surface area (Å²) in [6.07, 6.45) is 0. The molecule has 28 heavy (non-hydrogen) atoms. The molecule has 0 spiro atoms. The van der Waals surface area contributed by atoms with Crippen LogP contribution in [0.25, 0.3) is 0 Å². The van der Waals surface area contributed by atoms with Gasteiger partial charge in [0.2, 0.25) is 0 Å². The Labute approximate surface area is 165 Å². The first-order valence-electron chi connectivity index (χ1n) is 8.97. The Morgan fingerprint density at radius 2 is 1.29 bits per heavy atom. The van der Waals surface area contributed by atoms with Crippen molar-refractivity contribution in [2.75, 3.05) is 6.61 Å². The van der Waals surface area contributed by atoms with Gasteiger partial charge in [-0.2, -0.15) is 0 Å². The molecule has 0 fully saturated rings. The molecular weight excluding hydrogens is 360 g/mol. The maximum atomic E-state index is 11.5. The lowest BCUT2D eigenvalue weighted by molar-refractivity contribution is 0.00665. The van der Waals surface area contributed by atoms with Crippen LogP contribution < -0.4 is 0 Å². The Bertz CT molecular complexity index is 790. The van der Waals surface area contributed by atoms with E-state index < -0.39 is 17.5 Å². The number of rotatable bonds is 4. The standard InChI is InChI=1S/2C11H14O3/c1-11(2,3)14-10(13)8-6-4-5-7-9(8)12;1-8(2)7-14-11(13)9-5-3-4-6-10(9)12/h4-7,12H,1-3H3;3-6,8,12H,7H2,1-2H3. The largest absolute Gasteiger partial charge is 0.507 e. The topological polar surface area (TPSA) is 93.1 Å². The number of carbonyl (C=O) groups is 2. The zero-order chi connectivity index (χ0) is 21.3. The van der Waals surface area contributed by atoms with E-state index in [4.69, 9.17) is 9.47 Å². The van der Waals surface area contributed by atoms with E-state index in [1.165, 1.54) is 24.3 Å². The smallest absolute Gasteiger partial charge is 0.342 e. The Balaban J connectivity index is 0.000000280. The molecule has 0 atom stereocenters. The van der Waals surface area contributed by atoms with Crippen LogP contribution in [0.3, 0.4) is 0 Å². The number of hydrogen-bond acceptors (Lipinski definition) is 6. The van der Waals surface area contributed by atoms with Crippen molar-refractivity contribution in [2.24, 2.45) is 5.92 Å². The van der Waals surface area contributed by atoms with Crippen LogP contribution in [0.4, 0.5) is 0 Å². The summed E-state index contributed by atoms with van der Waals surface area (Å²) in [5.74, 6) is -0.778. The van der Waals surface area contributed by atoms with Gasteiger partial charge in [0.25, 0.3) is 0 Å². The molecule has 0 aliphatic heterocycles. The molecule has 0 unspecified atom stereocenters. The van der Waals surface area contributed by atoms with Crippen molar-refractivity contribution in [1.29, 1.82) is 0 Å². The van der Waals surface area contributed by atoms with Crippen molar-refractivity contribution < 1.29 is 29.3 Å². The molecule has 2 aromatic rings. The van der Waals surface area contributed by atoms with Crippen LogP contribution in [0.1, 0.15) is 55.3 Å². The number of hydrogen-bond donors (Lipinski definition) is 2. The van der Waals surface area contributed by atoms with Gasteiger partial charge in [-0.15, -0.1) is 0 Å². The van der Waals surface area contributed by atoms with Crippen LogP contribution >= 0.6 is 0 Å². The third-order valence-corrected chi connectivity index (χ3v) is 3.19. The quantitative estimate of drug-likeness (QED) is 0.746. The molecule has 0 aliphatic carbocycles. The van der Waals surface area contributed by atoms with Gasteiger partial charge in [-0.1, -0.05) is 38.1 Å². The number of phenols is 2. The van der Waals surface area contributed by atoms with Crippen molar-refractivity contribution in [3.63, 3.8) is 0 Å².